The fourth-order valence-electron chi connectivity index (χ4n) is 2.87. The Morgan fingerprint density at radius 3 is 2.39 bits per heavy atom. The van der Waals surface area contributed by atoms with Gasteiger partial charge in [-0.15, -0.1) is 0 Å². The van der Waals surface area contributed by atoms with Crippen LogP contribution in [0.4, 0.5) is 0 Å². The van der Waals surface area contributed by atoms with Crippen LogP contribution in [0.5, 0.6) is 5.75 Å². The number of methoxy groups -OCH3 is 1. The van der Waals surface area contributed by atoms with E-state index in [1.54, 1.807) is 28.0 Å². The molecule has 0 saturated heterocycles. The maximum absolute atomic E-state index is 12.8. The second kappa shape index (κ2) is 9.41. The van der Waals surface area contributed by atoms with Crippen LogP contribution >= 0.6 is 11.6 Å². The maximum Gasteiger partial charge on any atom is 0.253 e. The Morgan fingerprint density at radius 2 is 1.79 bits per heavy atom. The minimum Gasteiger partial charge on any atom is -0.497 e. The van der Waals surface area contributed by atoms with E-state index in [1.165, 1.54) is 27.4 Å². The molecule has 2 aromatic carbocycles. The van der Waals surface area contributed by atoms with Gasteiger partial charge in [-0.3, -0.25) is 4.79 Å². The Balaban J connectivity index is 2.31. The zero-order valence-corrected chi connectivity index (χ0v) is 18.0. The molecule has 0 saturated carbocycles. The fraction of sp³-hybridized carbons (Fsp3) is 0.350. The van der Waals surface area contributed by atoms with Crippen LogP contribution in [-0.4, -0.2) is 50.8 Å². The Bertz CT molecular complexity index is 943. The van der Waals surface area contributed by atoms with Crippen molar-refractivity contribution in [3.8, 4) is 5.75 Å². The summed E-state index contributed by atoms with van der Waals surface area (Å²) in [5.41, 5.74) is 1.17. The van der Waals surface area contributed by atoms with Crippen LogP contribution in [-0.2, 0) is 16.6 Å². The smallest absolute Gasteiger partial charge is 0.253 e. The number of hydrogen-bond acceptors (Lipinski definition) is 4. The van der Waals surface area contributed by atoms with Crippen molar-refractivity contribution in [1.82, 2.24) is 9.21 Å². The monoisotopic (exact) mass is 424 g/mol. The Hall–Kier alpha value is -2.09. The average molecular weight is 425 g/mol. The molecule has 0 fully saturated rings. The van der Waals surface area contributed by atoms with Crippen molar-refractivity contribution in [2.24, 2.45) is 0 Å². The van der Waals surface area contributed by atoms with Crippen molar-refractivity contribution in [3.05, 3.63) is 58.6 Å². The Kier molecular flexibility index (Phi) is 7.46. The van der Waals surface area contributed by atoms with Gasteiger partial charge in [0.05, 0.1) is 12.1 Å². The van der Waals surface area contributed by atoms with Crippen molar-refractivity contribution in [2.45, 2.75) is 25.3 Å². The molecular weight excluding hydrogens is 400 g/mol. The van der Waals surface area contributed by atoms with Crippen molar-refractivity contribution in [1.29, 1.82) is 0 Å². The molecule has 28 heavy (non-hydrogen) atoms. The van der Waals surface area contributed by atoms with Crippen molar-refractivity contribution in [2.75, 3.05) is 27.2 Å². The molecule has 6 nitrogen and oxygen atoms in total. The minimum atomic E-state index is -3.77. The van der Waals surface area contributed by atoms with Gasteiger partial charge in [0.15, 0.2) is 0 Å². The van der Waals surface area contributed by atoms with Gasteiger partial charge in [0.2, 0.25) is 10.0 Å². The highest BCUT2D eigenvalue weighted by Gasteiger charge is 2.26. The molecule has 1 amide bonds. The lowest BCUT2D eigenvalue weighted by Gasteiger charge is -2.21. The highest BCUT2D eigenvalue weighted by atomic mass is 35.5. The summed E-state index contributed by atoms with van der Waals surface area (Å²) in [6.45, 7) is 4.51. The summed E-state index contributed by atoms with van der Waals surface area (Å²) in [4.78, 5) is 14.3. The Labute approximate surface area is 171 Å². The summed E-state index contributed by atoms with van der Waals surface area (Å²) < 4.78 is 32.2. The summed E-state index contributed by atoms with van der Waals surface area (Å²) in [5.74, 6) is 0.410. The lowest BCUT2D eigenvalue weighted by atomic mass is 10.1. The molecule has 0 bridgehead atoms. The van der Waals surface area contributed by atoms with Gasteiger partial charge >= 0.3 is 0 Å². The third kappa shape index (κ3) is 4.84. The van der Waals surface area contributed by atoms with E-state index in [-0.39, 0.29) is 21.4 Å². The zero-order chi connectivity index (χ0) is 20.9. The number of sulfonamides is 1. The van der Waals surface area contributed by atoms with Gasteiger partial charge in [-0.25, -0.2) is 8.42 Å². The lowest BCUT2D eigenvalue weighted by molar-refractivity contribution is 0.0784. The van der Waals surface area contributed by atoms with Crippen molar-refractivity contribution in [3.63, 3.8) is 0 Å². The second-order valence-corrected chi connectivity index (χ2v) is 8.56. The van der Waals surface area contributed by atoms with Crippen LogP contribution in [0.15, 0.2) is 47.4 Å². The van der Waals surface area contributed by atoms with Crippen LogP contribution in [0.25, 0.3) is 0 Å². The Morgan fingerprint density at radius 1 is 1.11 bits per heavy atom. The number of halogens is 1. The van der Waals surface area contributed by atoms with E-state index < -0.39 is 10.0 Å². The molecule has 2 rings (SSSR count). The molecule has 0 heterocycles. The number of carbonyl (C=O) groups is 1. The zero-order valence-electron chi connectivity index (χ0n) is 16.5. The molecule has 0 aromatic heterocycles. The number of carbonyl (C=O) groups excluding carboxylic acids is 1. The van der Waals surface area contributed by atoms with E-state index in [4.69, 9.17) is 16.3 Å². The number of amides is 1. The number of rotatable bonds is 8. The van der Waals surface area contributed by atoms with E-state index >= 15 is 0 Å². The second-order valence-electron chi connectivity index (χ2n) is 6.25. The quantitative estimate of drug-likeness (QED) is 0.648. The van der Waals surface area contributed by atoms with Gasteiger partial charge in [0.1, 0.15) is 10.6 Å². The third-order valence-electron chi connectivity index (χ3n) is 4.40. The average Bonchev–Trinajstić information content (AvgIpc) is 2.68. The summed E-state index contributed by atoms with van der Waals surface area (Å²) >= 11 is 6.14. The SMILES string of the molecule is CCN(CC)S(=O)(=O)c1cc(C(=O)N(C)Cc2cccc(OC)c2)ccc1Cl. The summed E-state index contributed by atoms with van der Waals surface area (Å²) in [5, 5.41) is 0.0962. The van der Waals surface area contributed by atoms with Gasteiger partial charge in [-0.05, 0) is 35.9 Å². The molecule has 0 atom stereocenters. The van der Waals surface area contributed by atoms with Crippen molar-refractivity contribution >= 4 is 27.5 Å². The van der Waals surface area contributed by atoms with Gasteiger partial charge in [0.25, 0.3) is 5.91 Å². The number of hydrogen-bond donors (Lipinski definition) is 0. The predicted octanol–water partition coefficient (Wildman–Crippen LogP) is 3.65. The first kappa shape index (κ1) is 22.2. The van der Waals surface area contributed by atoms with Gasteiger partial charge < -0.3 is 9.64 Å². The molecular formula is C20H25ClN2O4S. The summed E-state index contributed by atoms with van der Waals surface area (Å²) in [7, 11) is -0.523. The van der Waals surface area contributed by atoms with Crippen molar-refractivity contribution < 1.29 is 17.9 Å². The molecule has 152 valence electrons. The molecule has 0 radical (unpaired) electrons. The first-order valence-corrected chi connectivity index (χ1v) is 10.7. The van der Waals surface area contributed by atoms with Crippen LogP contribution in [0, 0.1) is 0 Å². The third-order valence-corrected chi connectivity index (χ3v) is 6.93. The van der Waals surface area contributed by atoms with E-state index in [0.717, 1.165) is 5.56 Å². The number of ether oxygens (including phenoxy) is 1. The van der Waals surface area contributed by atoms with Gasteiger partial charge in [-0.1, -0.05) is 37.6 Å². The maximum atomic E-state index is 12.8. The van der Waals surface area contributed by atoms with E-state index in [9.17, 15) is 13.2 Å². The number of benzene rings is 2. The fourth-order valence-corrected chi connectivity index (χ4v) is 4.83. The molecule has 0 aliphatic rings. The lowest BCUT2D eigenvalue weighted by Crippen LogP contribution is -2.31. The molecule has 8 heteroatoms. The summed E-state index contributed by atoms with van der Waals surface area (Å²) in [6.07, 6.45) is 0. The minimum absolute atomic E-state index is 0.0569. The first-order chi connectivity index (χ1) is 13.2. The molecule has 0 N–H and O–H groups in total. The van der Waals surface area contributed by atoms with Gasteiger partial charge in [-0.2, -0.15) is 4.31 Å². The largest absolute Gasteiger partial charge is 0.497 e. The summed E-state index contributed by atoms with van der Waals surface area (Å²) in [6, 6.07) is 11.8. The van der Waals surface area contributed by atoms with Crippen LogP contribution in [0.1, 0.15) is 29.8 Å². The normalized spacial score (nSPS) is 11.5. The first-order valence-electron chi connectivity index (χ1n) is 8.92. The molecule has 0 spiro atoms. The van der Waals surface area contributed by atoms with E-state index in [1.807, 2.05) is 24.3 Å². The molecule has 2 aromatic rings. The predicted molar refractivity (Wildman–Crippen MR) is 110 cm³/mol. The highest BCUT2D eigenvalue weighted by molar-refractivity contribution is 7.89. The highest BCUT2D eigenvalue weighted by Crippen LogP contribution is 2.26. The van der Waals surface area contributed by atoms with Crippen LogP contribution in [0.3, 0.4) is 0 Å². The van der Waals surface area contributed by atoms with Crippen LogP contribution in [0.2, 0.25) is 5.02 Å². The van der Waals surface area contributed by atoms with E-state index in [2.05, 4.69) is 0 Å². The standard InChI is InChI=1S/C20H25ClN2O4S/c1-5-23(6-2)28(25,26)19-13-16(10-11-18(19)21)20(24)22(3)14-15-8-7-9-17(12-15)27-4/h7-13H,5-6,14H2,1-4H3. The topological polar surface area (TPSA) is 66.9 Å². The van der Waals surface area contributed by atoms with Gasteiger partial charge in [0, 0.05) is 32.2 Å². The molecule has 0 aliphatic carbocycles. The van der Waals surface area contributed by atoms with Crippen LogP contribution < -0.4 is 4.74 Å². The molecule has 0 aliphatic heterocycles. The van der Waals surface area contributed by atoms with E-state index in [0.29, 0.717) is 25.4 Å². The molecule has 0 unspecified atom stereocenters. The number of nitrogens with zero attached hydrogens (tertiary/aromatic N) is 2.